The Labute approximate surface area is 113 Å². The molecule has 1 unspecified atom stereocenters. The summed E-state index contributed by atoms with van der Waals surface area (Å²) in [6, 6.07) is 6.05. The van der Waals surface area contributed by atoms with E-state index < -0.39 is 0 Å². The third kappa shape index (κ3) is 4.78. The van der Waals surface area contributed by atoms with E-state index in [9.17, 15) is 0 Å². The van der Waals surface area contributed by atoms with Gasteiger partial charge in [0.2, 0.25) is 0 Å². The summed E-state index contributed by atoms with van der Waals surface area (Å²) >= 11 is 7.82. The van der Waals surface area contributed by atoms with Crippen LogP contribution in [-0.4, -0.2) is 25.2 Å². The third-order valence-electron chi connectivity index (χ3n) is 2.49. The molecule has 0 aliphatic rings. The number of rotatable bonds is 7. The Bertz CT molecular complexity index is 346. The molecular formula is C13H20ClNOS. The lowest BCUT2D eigenvalue weighted by Crippen LogP contribution is -2.18. The van der Waals surface area contributed by atoms with Crippen molar-refractivity contribution < 1.29 is 4.74 Å². The van der Waals surface area contributed by atoms with Gasteiger partial charge in [0.15, 0.2) is 0 Å². The summed E-state index contributed by atoms with van der Waals surface area (Å²) in [4.78, 5) is 0. The van der Waals surface area contributed by atoms with Gasteiger partial charge in [-0.05, 0) is 37.9 Å². The molecule has 0 amide bonds. The van der Waals surface area contributed by atoms with Crippen LogP contribution in [0.3, 0.4) is 0 Å². The van der Waals surface area contributed by atoms with Gasteiger partial charge in [0.1, 0.15) is 5.75 Å². The molecule has 0 aliphatic carbocycles. The molecule has 4 heteroatoms. The van der Waals surface area contributed by atoms with Crippen molar-refractivity contribution in [3.05, 3.63) is 28.8 Å². The summed E-state index contributed by atoms with van der Waals surface area (Å²) in [6.07, 6.45) is 2.08. The smallest absolute Gasteiger partial charge is 0.124 e. The Morgan fingerprint density at radius 2 is 2.24 bits per heavy atom. The minimum Gasteiger partial charge on any atom is -0.492 e. The number of hydrogen-bond donors (Lipinski definition) is 1. The van der Waals surface area contributed by atoms with Crippen LogP contribution in [0.1, 0.15) is 25.5 Å². The number of halogens is 1. The monoisotopic (exact) mass is 273 g/mol. The minimum atomic E-state index is 0.253. The molecule has 1 aromatic carbocycles. The standard InChI is InChI=1S/C13H20ClNOS/c1-4-15-10(2)12-9-11(14)5-6-13(12)16-7-8-17-3/h5-6,9-10,15H,4,7-8H2,1-3H3. The molecule has 96 valence electrons. The van der Waals surface area contributed by atoms with Gasteiger partial charge >= 0.3 is 0 Å². The summed E-state index contributed by atoms with van der Waals surface area (Å²) < 4.78 is 5.78. The molecule has 0 radical (unpaired) electrons. The van der Waals surface area contributed by atoms with Crippen molar-refractivity contribution in [2.45, 2.75) is 19.9 Å². The molecular weight excluding hydrogens is 254 g/mol. The van der Waals surface area contributed by atoms with E-state index in [0.29, 0.717) is 0 Å². The molecule has 0 fully saturated rings. The van der Waals surface area contributed by atoms with Crippen LogP contribution in [0, 0.1) is 0 Å². The summed E-state index contributed by atoms with van der Waals surface area (Å²) in [5, 5.41) is 4.13. The highest BCUT2D eigenvalue weighted by Gasteiger charge is 2.11. The highest BCUT2D eigenvalue weighted by Crippen LogP contribution is 2.28. The van der Waals surface area contributed by atoms with Crippen LogP contribution < -0.4 is 10.1 Å². The molecule has 0 heterocycles. The normalized spacial score (nSPS) is 12.5. The van der Waals surface area contributed by atoms with Crippen molar-refractivity contribution in [1.82, 2.24) is 5.32 Å². The molecule has 17 heavy (non-hydrogen) atoms. The van der Waals surface area contributed by atoms with Gasteiger partial charge in [-0.15, -0.1) is 0 Å². The first-order valence-electron chi connectivity index (χ1n) is 5.83. The summed E-state index contributed by atoms with van der Waals surface area (Å²) in [7, 11) is 0. The van der Waals surface area contributed by atoms with E-state index in [4.69, 9.17) is 16.3 Å². The number of thioether (sulfide) groups is 1. The highest BCUT2D eigenvalue weighted by atomic mass is 35.5. The second-order valence-corrected chi connectivity index (χ2v) is 5.22. The lowest BCUT2D eigenvalue weighted by atomic mass is 10.1. The first-order valence-corrected chi connectivity index (χ1v) is 7.60. The molecule has 1 rings (SSSR count). The maximum absolute atomic E-state index is 6.03. The van der Waals surface area contributed by atoms with Crippen LogP contribution in [-0.2, 0) is 0 Å². The van der Waals surface area contributed by atoms with Gasteiger partial charge in [0.05, 0.1) is 6.61 Å². The second-order valence-electron chi connectivity index (χ2n) is 3.80. The molecule has 2 nitrogen and oxygen atoms in total. The number of ether oxygens (including phenoxy) is 1. The molecule has 0 saturated carbocycles. The fourth-order valence-corrected chi connectivity index (χ4v) is 2.07. The molecule has 0 aliphatic heterocycles. The van der Waals surface area contributed by atoms with E-state index in [2.05, 4.69) is 25.4 Å². The number of benzene rings is 1. The fraction of sp³-hybridized carbons (Fsp3) is 0.538. The van der Waals surface area contributed by atoms with Gasteiger partial charge in [-0.3, -0.25) is 0 Å². The van der Waals surface area contributed by atoms with Gasteiger partial charge in [-0.1, -0.05) is 18.5 Å². The summed E-state index contributed by atoms with van der Waals surface area (Å²) in [5.74, 6) is 1.93. The van der Waals surface area contributed by atoms with Gasteiger partial charge in [-0.25, -0.2) is 0 Å². The van der Waals surface area contributed by atoms with Crippen molar-refractivity contribution in [3.63, 3.8) is 0 Å². The molecule has 0 aromatic heterocycles. The van der Waals surface area contributed by atoms with E-state index >= 15 is 0 Å². The first kappa shape index (κ1) is 14.7. The average Bonchev–Trinajstić information content (AvgIpc) is 2.31. The Balaban J connectivity index is 2.79. The SMILES string of the molecule is CCNC(C)c1cc(Cl)ccc1OCCSC. The fourth-order valence-electron chi connectivity index (χ4n) is 1.64. The molecule has 1 aromatic rings. The largest absolute Gasteiger partial charge is 0.492 e. The van der Waals surface area contributed by atoms with Gasteiger partial charge in [0, 0.05) is 22.4 Å². The van der Waals surface area contributed by atoms with Crippen molar-refractivity contribution >= 4 is 23.4 Å². The van der Waals surface area contributed by atoms with Crippen LogP contribution in [0.2, 0.25) is 5.02 Å². The molecule has 0 spiro atoms. The van der Waals surface area contributed by atoms with Gasteiger partial charge in [0.25, 0.3) is 0 Å². The first-order chi connectivity index (χ1) is 8.19. The van der Waals surface area contributed by atoms with Crippen molar-refractivity contribution in [1.29, 1.82) is 0 Å². The molecule has 0 bridgehead atoms. The van der Waals surface area contributed by atoms with Crippen LogP contribution in [0.5, 0.6) is 5.75 Å². The predicted octanol–water partition coefficient (Wildman–Crippen LogP) is 3.75. The van der Waals surface area contributed by atoms with Gasteiger partial charge < -0.3 is 10.1 Å². The van der Waals surface area contributed by atoms with Crippen molar-refractivity contribution in [2.75, 3.05) is 25.2 Å². The van der Waals surface area contributed by atoms with E-state index in [1.807, 2.05) is 18.2 Å². The van der Waals surface area contributed by atoms with E-state index in [1.165, 1.54) is 0 Å². The predicted molar refractivity (Wildman–Crippen MR) is 77.4 cm³/mol. The van der Waals surface area contributed by atoms with E-state index in [1.54, 1.807) is 11.8 Å². The zero-order valence-corrected chi connectivity index (χ0v) is 12.2. The van der Waals surface area contributed by atoms with Gasteiger partial charge in [-0.2, -0.15) is 11.8 Å². The van der Waals surface area contributed by atoms with E-state index in [0.717, 1.165) is 35.2 Å². The van der Waals surface area contributed by atoms with E-state index in [-0.39, 0.29) is 6.04 Å². The zero-order chi connectivity index (χ0) is 12.7. The van der Waals surface area contributed by atoms with Crippen LogP contribution >= 0.6 is 23.4 Å². The van der Waals surface area contributed by atoms with Crippen molar-refractivity contribution in [2.24, 2.45) is 0 Å². The topological polar surface area (TPSA) is 21.3 Å². The minimum absolute atomic E-state index is 0.253. The Morgan fingerprint density at radius 3 is 2.88 bits per heavy atom. The van der Waals surface area contributed by atoms with Crippen LogP contribution in [0.4, 0.5) is 0 Å². The van der Waals surface area contributed by atoms with Crippen molar-refractivity contribution in [3.8, 4) is 5.75 Å². The Hall–Kier alpha value is -0.380. The highest BCUT2D eigenvalue weighted by molar-refractivity contribution is 7.98. The maximum Gasteiger partial charge on any atom is 0.124 e. The van der Waals surface area contributed by atoms with Crippen LogP contribution in [0.25, 0.3) is 0 Å². The lowest BCUT2D eigenvalue weighted by molar-refractivity contribution is 0.336. The molecule has 1 atom stereocenters. The number of nitrogens with one attached hydrogen (secondary N) is 1. The summed E-state index contributed by atoms with van der Waals surface area (Å²) in [5.41, 5.74) is 1.13. The zero-order valence-electron chi connectivity index (χ0n) is 10.6. The third-order valence-corrected chi connectivity index (χ3v) is 3.30. The second kappa shape index (κ2) is 7.85. The molecule has 1 N–H and O–H groups in total. The lowest BCUT2D eigenvalue weighted by Gasteiger charge is -2.18. The summed E-state index contributed by atoms with van der Waals surface area (Å²) in [6.45, 7) is 5.87. The maximum atomic E-state index is 6.03. The number of hydrogen-bond acceptors (Lipinski definition) is 3. The molecule has 0 saturated heterocycles. The quantitative estimate of drug-likeness (QED) is 0.765. The Kier molecular flexibility index (Phi) is 6.78. The van der Waals surface area contributed by atoms with Crippen LogP contribution in [0.15, 0.2) is 18.2 Å². The average molecular weight is 274 g/mol. The Morgan fingerprint density at radius 1 is 1.47 bits per heavy atom.